The van der Waals surface area contributed by atoms with Gasteiger partial charge in [0.15, 0.2) is 0 Å². The van der Waals surface area contributed by atoms with E-state index in [-0.39, 0.29) is 18.0 Å². The van der Waals surface area contributed by atoms with Crippen LogP contribution >= 0.6 is 0 Å². The molecule has 2 aliphatic rings. The Labute approximate surface area is 123 Å². The van der Waals surface area contributed by atoms with E-state index in [0.29, 0.717) is 0 Å². The first-order chi connectivity index (χ1) is 10.1. The van der Waals surface area contributed by atoms with E-state index < -0.39 is 12.0 Å². The lowest BCUT2D eigenvalue weighted by Crippen LogP contribution is -2.53. The highest BCUT2D eigenvalue weighted by molar-refractivity contribution is 5.96. The minimum Gasteiger partial charge on any atom is -0.480 e. The molecule has 112 valence electrons. The molecule has 2 unspecified atom stereocenters. The van der Waals surface area contributed by atoms with Gasteiger partial charge in [-0.2, -0.15) is 0 Å². The molecule has 2 amide bonds. The average Bonchev–Trinajstić information content (AvgIpc) is 3.28. The Bertz CT molecular complexity index is 568. The fourth-order valence-electron chi connectivity index (χ4n) is 3.01. The van der Waals surface area contributed by atoms with Gasteiger partial charge in [-0.1, -0.05) is 18.2 Å². The van der Waals surface area contributed by atoms with Crippen LogP contribution in [0.4, 0.5) is 10.5 Å². The molecule has 3 rings (SSSR count). The summed E-state index contributed by atoms with van der Waals surface area (Å²) < 4.78 is 0. The van der Waals surface area contributed by atoms with Crippen molar-refractivity contribution in [3.8, 4) is 0 Å². The van der Waals surface area contributed by atoms with Crippen LogP contribution < -0.4 is 10.2 Å². The molecule has 2 atom stereocenters. The van der Waals surface area contributed by atoms with Crippen molar-refractivity contribution in [2.24, 2.45) is 5.92 Å². The molecule has 1 aliphatic heterocycles. The van der Waals surface area contributed by atoms with E-state index in [2.05, 4.69) is 5.32 Å². The van der Waals surface area contributed by atoms with E-state index in [9.17, 15) is 14.7 Å². The number of anilines is 1. The topological polar surface area (TPSA) is 69.6 Å². The standard InChI is InChI=1S/C16H20N2O3/c1-10-6-7-11-4-2-3-5-13(11)18(10)16(21)17-14(15(19)20)12-8-9-12/h2-5,10,12,14H,6-9H2,1H3,(H,17,21)(H,19,20). The van der Waals surface area contributed by atoms with Crippen molar-refractivity contribution in [1.29, 1.82) is 0 Å². The van der Waals surface area contributed by atoms with Crippen LogP contribution in [0.1, 0.15) is 31.7 Å². The van der Waals surface area contributed by atoms with Crippen LogP contribution in [0.25, 0.3) is 0 Å². The number of fused-ring (bicyclic) bond motifs is 1. The molecule has 1 aliphatic carbocycles. The van der Waals surface area contributed by atoms with Gasteiger partial charge in [0.05, 0.1) is 0 Å². The Hall–Kier alpha value is -2.04. The number of urea groups is 1. The normalized spacial score (nSPS) is 22.3. The number of amides is 2. The Kier molecular flexibility index (Phi) is 3.57. The number of carbonyl (C=O) groups excluding carboxylic acids is 1. The van der Waals surface area contributed by atoms with Crippen LogP contribution in [0.15, 0.2) is 24.3 Å². The van der Waals surface area contributed by atoms with Gasteiger partial charge in [0.25, 0.3) is 0 Å². The summed E-state index contributed by atoms with van der Waals surface area (Å²) in [6.45, 7) is 2.00. The molecular weight excluding hydrogens is 268 g/mol. The smallest absolute Gasteiger partial charge is 0.326 e. The Morgan fingerprint density at radius 2 is 2.00 bits per heavy atom. The predicted octanol–water partition coefficient (Wildman–Crippen LogP) is 2.40. The molecule has 0 saturated heterocycles. The maximum Gasteiger partial charge on any atom is 0.326 e. The van der Waals surface area contributed by atoms with Gasteiger partial charge in [-0.25, -0.2) is 9.59 Å². The first-order valence-corrected chi connectivity index (χ1v) is 7.48. The van der Waals surface area contributed by atoms with Gasteiger partial charge < -0.3 is 10.4 Å². The summed E-state index contributed by atoms with van der Waals surface area (Å²) in [6.07, 6.45) is 3.60. The van der Waals surface area contributed by atoms with E-state index >= 15 is 0 Å². The van der Waals surface area contributed by atoms with Crippen LogP contribution in [0.3, 0.4) is 0 Å². The summed E-state index contributed by atoms with van der Waals surface area (Å²) in [5.74, 6) is -0.856. The lowest BCUT2D eigenvalue weighted by atomic mass is 9.97. The van der Waals surface area contributed by atoms with Crippen LogP contribution in [0, 0.1) is 5.92 Å². The van der Waals surface area contributed by atoms with Gasteiger partial charge in [0.2, 0.25) is 0 Å². The zero-order chi connectivity index (χ0) is 15.0. The molecule has 21 heavy (non-hydrogen) atoms. The number of carboxylic acids is 1. The van der Waals surface area contributed by atoms with Crippen LogP contribution in [0.5, 0.6) is 0 Å². The molecule has 1 aromatic rings. The maximum absolute atomic E-state index is 12.6. The third-order valence-electron chi connectivity index (χ3n) is 4.38. The molecule has 5 nitrogen and oxygen atoms in total. The molecular formula is C16H20N2O3. The molecule has 5 heteroatoms. The van der Waals surface area contributed by atoms with Crippen molar-refractivity contribution < 1.29 is 14.7 Å². The fourth-order valence-corrected chi connectivity index (χ4v) is 3.01. The average molecular weight is 288 g/mol. The zero-order valence-electron chi connectivity index (χ0n) is 12.1. The lowest BCUT2D eigenvalue weighted by Gasteiger charge is -2.36. The van der Waals surface area contributed by atoms with Gasteiger partial charge in [-0.3, -0.25) is 4.90 Å². The summed E-state index contributed by atoms with van der Waals surface area (Å²) in [5.41, 5.74) is 2.04. The van der Waals surface area contributed by atoms with E-state index in [1.54, 1.807) is 4.90 Å². The van der Waals surface area contributed by atoms with E-state index in [0.717, 1.165) is 36.9 Å². The second-order valence-corrected chi connectivity index (χ2v) is 5.99. The highest BCUT2D eigenvalue weighted by Gasteiger charge is 2.39. The summed E-state index contributed by atoms with van der Waals surface area (Å²) in [7, 11) is 0. The van der Waals surface area contributed by atoms with Gasteiger partial charge in [0.1, 0.15) is 6.04 Å². The van der Waals surface area contributed by atoms with E-state index in [4.69, 9.17) is 0 Å². The Morgan fingerprint density at radius 3 is 2.67 bits per heavy atom. The number of carboxylic acid groups (broad SMARTS) is 1. The Balaban J connectivity index is 1.81. The van der Waals surface area contributed by atoms with Crippen molar-refractivity contribution in [2.75, 3.05) is 4.90 Å². The van der Waals surface area contributed by atoms with Crippen molar-refractivity contribution >= 4 is 17.7 Å². The molecule has 0 aromatic heterocycles. The van der Waals surface area contributed by atoms with Crippen molar-refractivity contribution in [1.82, 2.24) is 5.32 Å². The summed E-state index contributed by atoms with van der Waals surface area (Å²) >= 11 is 0. The van der Waals surface area contributed by atoms with Crippen LogP contribution in [-0.2, 0) is 11.2 Å². The van der Waals surface area contributed by atoms with Crippen molar-refractivity contribution in [3.63, 3.8) is 0 Å². The number of aliphatic carboxylic acids is 1. The molecule has 0 spiro atoms. The van der Waals surface area contributed by atoms with E-state index in [1.165, 1.54) is 0 Å². The quantitative estimate of drug-likeness (QED) is 0.897. The monoisotopic (exact) mass is 288 g/mol. The second kappa shape index (κ2) is 5.39. The molecule has 1 aromatic carbocycles. The highest BCUT2D eigenvalue weighted by atomic mass is 16.4. The Morgan fingerprint density at radius 1 is 1.29 bits per heavy atom. The SMILES string of the molecule is CC1CCc2ccccc2N1C(=O)NC(C(=O)O)C1CC1. The third kappa shape index (κ3) is 2.73. The lowest BCUT2D eigenvalue weighted by molar-refractivity contribution is -0.139. The predicted molar refractivity (Wildman–Crippen MR) is 79.4 cm³/mol. The zero-order valence-corrected chi connectivity index (χ0v) is 12.1. The number of hydrogen-bond donors (Lipinski definition) is 2. The summed E-state index contributed by atoms with van der Waals surface area (Å²) in [5, 5.41) is 12.0. The van der Waals surface area contributed by atoms with Gasteiger partial charge in [0, 0.05) is 11.7 Å². The summed E-state index contributed by atoms with van der Waals surface area (Å²) in [4.78, 5) is 25.6. The largest absolute Gasteiger partial charge is 0.480 e. The van der Waals surface area contributed by atoms with Crippen LogP contribution in [-0.4, -0.2) is 29.2 Å². The van der Waals surface area contributed by atoms with Gasteiger partial charge in [-0.05, 0) is 50.2 Å². The molecule has 0 radical (unpaired) electrons. The number of aryl methyl sites for hydroxylation is 1. The number of nitrogens with one attached hydrogen (secondary N) is 1. The first-order valence-electron chi connectivity index (χ1n) is 7.48. The summed E-state index contributed by atoms with van der Waals surface area (Å²) in [6, 6.07) is 6.84. The van der Waals surface area contributed by atoms with Crippen molar-refractivity contribution in [2.45, 2.75) is 44.7 Å². The number of rotatable bonds is 3. The molecule has 1 fully saturated rings. The maximum atomic E-state index is 12.6. The fraction of sp³-hybridized carbons (Fsp3) is 0.500. The number of hydrogen-bond acceptors (Lipinski definition) is 2. The number of para-hydroxylation sites is 1. The minimum atomic E-state index is -0.941. The van der Waals surface area contributed by atoms with Gasteiger partial charge in [-0.15, -0.1) is 0 Å². The molecule has 2 N–H and O–H groups in total. The van der Waals surface area contributed by atoms with Gasteiger partial charge >= 0.3 is 12.0 Å². The van der Waals surface area contributed by atoms with Crippen molar-refractivity contribution in [3.05, 3.63) is 29.8 Å². The third-order valence-corrected chi connectivity index (χ3v) is 4.38. The molecule has 1 heterocycles. The second-order valence-electron chi connectivity index (χ2n) is 5.99. The highest BCUT2D eigenvalue weighted by Crippen LogP contribution is 2.34. The number of nitrogens with zero attached hydrogens (tertiary/aromatic N) is 1. The van der Waals surface area contributed by atoms with E-state index in [1.807, 2.05) is 31.2 Å². The number of carbonyl (C=O) groups is 2. The first kappa shape index (κ1) is 13.9. The minimum absolute atomic E-state index is 0.0774. The van der Waals surface area contributed by atoms with Crippen LogP contribution in [0.2, 0.25) is 0 Å². The molecule has 1 saturated carbocycles. The molecule has 0 bridgehead atoms. The number of benzene rings is 1.